The van der Waals surface area contributed by atoms with E-state index in [1.165, 1.54) is 17.0 Å². The molecule has 0 aliphatic carbocycles. The number of urea groups is 1. The first-order valence-electron chi connectivity index (χ1n) is 12.3. The van der Waals surface area contributed by atoms with E-state index in [2.05, 4.69) is 5.32 Å². The maximum absolute atomic E-state index is 13.7. The van der Waals surface area contributed by atoms with Crippen LogP contribution in [0.5, 0.6) is 11.5 Å². The van der Waals surface area contributed by atoms with E-state index < -0.39 is 23.3 Å². The summed E-state index contributed by atoms with van der Waals surface area (Å²) in [7, 11) is 0. The minimum atomic E-state index is -4.59. The summed E-state index contributed by atoms with van der Waals surface area (Å²) >= 11 is 5.92. The Balaban J connectivity index is 1.52. The Labute approximate surface area is 228 Å². The van der Waals surface area contributed by atoms with Gasteiger partial charge in [-0.25, -0.2) is 4.79 Å². The van der Waals surface area contributed by atoms with Crippen molar-refractivity contribution < 1.29 is 32.2 Å². The molecule has 3 amide bonds. The third kappa shape index (κ3) is 5.67. The van der Waals surface area contributed by atoms with Crippen LogP contribution in [-0.4, -0.2) is 49.7 Å². The summed E-state index contributed by atoms with van der Waals surface area (Å²) in [5, 5.41) is 3.32. The second-order valence-electron chi connectivity index (χ2n) is 9.32. The Hall–Kier alpha value is -3.76. The van der Waals surface area contributed by atoms with E-state index in [0.717, 1.165) is 12.1 Å². The van der Waals surface area contributed by atoms with Crippen LogP contribution in [0.1, 0.15) is 17.5 Å². The molecule has 0 aromatic heterocycles. The van der Waals surface area contributed by atoms with E-state index in [1.807, 2.05) is 0 Å². The normalized spacial score (nSPS) is 19.6. The molecule has 3 aromatic rings. The van der Waals surface area contributed by atoms with Gasteiger partial charge >= 0.3 is 12.2 Å². The topological polar surface area (TPSA) is 71.1 Å². The van der Waals surface area contributed by atoms with Crippen molar-refractivity contribution in [2.24, 2.45) is 0 Å². The predicted molar refractivity (Wildman–Crippen MR) is 139 cm³/mol. The zero-order valence-corrected chi connectivity index (χ0v) is 21.5. The largest absolute Gasteiger partial charge is 0.457 e. The molecular formula is C28H25ClF3N3O4. The van der Waals surface area contributed by atoms with Crippen molar-refractivity contribution in [3.8, 4) is 11.5 Å². The number of carbonyl (C=O) groups is 2. The van der Waals surface area contributed by atoms with E-state index in [1.54, 1.807) is 53.4 Å². The van der Waals surface area contributed by atoms with Gasteiger partial charge in [-0.05, 0) is 66.2 Å². The number of nitrogens with zero attached hydrogens (tertiary/aromatic N) is 2. The fraction of sp³-hybridized carbons (Fsp3) is 0.286. The molecule has 0 saturated carbocycles. The first-order chi connectivity index (χ1) is 18.7. The lowest BCUT2D eigenvalue weighted by atomic mass is 9.84. The summed E-state index contributed by atoms with van der Waals surface area (Å²) in [4.78, 5) is 29.6. The van der Waals surface area contributed by atoms with Crippen molar-refractivity contribution in [3.05, 3.63) is 88.9 Å². The first-order valence-corrected chi connectivity index (χ1v) is 12.7. The Kier molecular flexibility index (Phi) is 7.42. The molecule has 0 spiro atoms. The van der Waals surface area contributed by atoms with Crippen molar-refractivity contribution in [3.63, 3.8) is 0 Å². The molecule has 3 aromatic carbocycles. The lowest BCUT2D eigenvalue weighted by molar-refractivity contribution is -0.137. The minimum absolute atomic E-state index is 0.0494. The fourth-order valence-electron chi connectivity index (χ4n) is 4.88. The maximum atomic E-state index is 13.7. The van der Waals surface area contributed by atoms with Crippen molar-refractivity contribution >= 4 is 29.2 Å². The summed E-state index contributed by atoms with van der Waals surface area (Å²) < 4.78 is 52.2. The number of morpholine rings is 1. The molecule has 7 nitrogen and oxygen atoms in total. The summed E-state index contributed by atoms with van der Waals surface area (Å²) in [6.07, 6.45) is -4.80. The van der Waals surface area contributed by atoms with Crippen LogP contribution >= 0.6 is 11.6 Å². The third-order valence-electron chi connectivity index (χ3n) is 6.84. The monoisotopic (exact) mass is 559 g/mol. The molecule has 204 valence electrons. The molecule has 2 aliphatic heterocycles. The lowest BCUT2D eigenvalue weighted by Crippen LogP contribution is -2.50. The predicted octanol–water partition coefficient (Wildman–Crippen LogP) is 5.83. The van der Waals surface area contributed by atoms with Gasteiger partial charge in [0.05, 0.1) is 25.2 Å². The second kappa shape index (κ2) is 10.8. The molecule has 5 rings (SSSR count). The average molecular weight is 560 g/mol. The molecular weight excluding hydrogens is 535 g/mol. The van der Waals surface area contributed by atoms with Crippen LogP contribution in [0.3, 0.4) is 0 Å². The highest BCUT2D eigenvalue weighted by Crippen LogP contribution is 2.42. The number of rotatable bonds is 6. The summed E-state index contributed by atoms with van der Waals surface area (Å²) in [6, 6.07) is 17.6. The van der Waals surface area contributed by atoms with E-state index in [4.69, 9.17) is 21.1 Å². The van der Waals surface area contributed by atoms with Gasteiger partial charge in [0.15, 0.2) is 0 Å². The molecule has 2 aliphatic rings. The maximum Gasteiger partial charge on any atom is 0.416 e. The van der Waals surface area contributed by atoms with E-state index in [9.17, 15) is 22.8 Å². The molecule has 2 saturated heterocycles. The Morgan fingerprint density at radius 2 is 1.64 bits per heavy atom. The number of halogens is 4. The van der Waals surface area contributed by atoms with Crippen LogP contribution in [-0.2, 0) is 21.2 Å². The number of hydrogen-bond acceptors (Lipinski definition) is 4. The summed E-state index contributed by atoms with van der Waals surface area (Å²) in [6.45, 7) is 1.44. The number of benzene rings is 3. The highest BCUT2D eigenvalue weighted by molar-refractivity contribution is 6.30. The van der Waals surface area contributed by atoms with Crippen LogP contribution in [0.2, 0.25) is 5.02 Å². The molecule has 11 heteroatoms. The standard InChI is InChI=1S/C28H25ClF3N3O4/c29-21-4-8-23(9-5-21)39-24-10-6-22(7-11-24)35-26(37)33-18-27(35,17-25(36)34-12-14-38-15-13-34)19-2-1-3-20(16-19)28(30,31)32/h1-11,16H,12-15,17-18H2,(H,33,37). The van der Waals surface area contributed by atoms with Gasteiger partial charge in [0, 0.05) is 30.3 Å². The fourth-order valence-corrected chi connectivity index (χ4v) is 5.00. The van der Waals surface area contributed by atoms with Crippen LogP contribution in [0, 0.1) is 0 Å². The van der Waals surface area contributed by atoms with Crippen molar-refractivity contribution in [1.82, 2.24) is 10.2 Å². The van der Waals surface area contributed by atoms with Gasteiger partial charge < -0.3 is 19.7 Å². The Morgan fingerprint density at radius 3 is 2.28 bits per heavy atom. The second-order valence-corrected chi connectivity index (χ2v) is 9.76. The lowest BCUT2D eigenvalue weighted by Gasteiger charge is -2.39. The number of nitrogens with one attached hydrogen (secondary N) is 1. The molecule has 0 bridgehead atoms. The van der Waals surface area contributed by atoms with Crippen LogP contribution in [0.25, 0.3) is 0 Å². The van der Waals surface area contributed by atoms with E-state index >= 15 is 0 Å². The van der Waals surface area contributed by atoms with Gasteiger partial charge in [-0.1, -0.05) is 23.7 Å². The van der Waals surface area contributed by atoms with Crippen molar-refractivity contribution in [2.45, 2.75) is 18.1 Å². The number of amides is 3. The van der Waals surface area contributed by atoms with E-state index in [0.29, 0.717) is 48.5 Å². The smallest absolute Gasteiger partial charge is 0.416 e. The van der Waals surface area contributed by atoms with Crippen molar-refractivity contribution in [2.75, 3.05) is 37.7 Å². The van der Waals surface area contributed by atoms with Gasteiger partial charge in [-0.3, -0.25) is 9.69 Å². The van der Waals surface area contributed by atoms with Crippen molar-refractivity contribution in [1.29, 1.82) is 0 Å². The van der Waals surface area contributed by atoms with E-state index in [-0.39, 0.29) is 24.4 Å². The number of alkyl halides is 3. The summed E-state index contributed by atoms with van der Waals surface area (Å²) in [5.74, 6) is 0.759. The molecule has 1 atom stereocenters. The highest BCUT2D eigenvalue weighted by Gasteiger charge is 2.50. The van der Waals surface area contributed by atoms with Gasteiger partial charge in [0.2, 0.25) is 5.91 Å². The molecule has 39 heavy (non-hydrogen) atoms. The highest BCUT2D eigenvalue weighted by atomic mass is 35.5. The molecule has 2 fully saturated rings. The number of carbonyl (C=O) groups excluding carboxylic acids is 2. The Morgan fingerprint density at radius 1 is 1.00 bits per heavy atom. The number of ether oxygens (including phenoxy) is 2. The number of hydrogen-bond donors (Lipinski definition) is 1. The van der Waals surface area contributed by atoms with Crippen LogP contribution in [0.4, 0.5) is 23.7 Å². The van der Waals surface area contributed by atoms with Gasteiger partial charge in [-0.2, -0.15) is 13.2 Å². The average Bonchev–Trinajstić information content (AvgIpc) is 3.27. The minimum Gasteiger partial charge on any atom is -0.457 e. The molecule has 2 heterocycles. The Bertz CT molecular complexity index is 1350. The van der Waals surface area contributed by atoms with Gasteiger partial charge in [0.25, 0.3) is 0 Å². The molecule has 0 radical (unpaired) electrons. The third-order valence-corrected chi connectivity index (χ3v) is 7.09. The van der Waals surface area contributed by atoms with Gasteiger partial charge in [-0.15, -0.1) is 0 Å². The van der Waals surface area contributed by atoms with Crippen LogP contribution < -0.4 is 15.0 Å². The zero-order valence-electron chi connectivity index (χ0n) is 20.7. The quantitative estimate of drug-likeness (QED) is 0.413. The SMILES string of the molecule is O=C(CC1(c2cccc(C(F)(F)F)c2)CNC(=O)N1c1ccc(Oc2ccc(Cl)cc2)cc1)N1CCOCC1. The summed E-state index contributed by atoms with van der Waals surface area (Å²) in [5.41, 5.74) is -1.64. The molecule has 1 unspecified atom stereocenters. The molecule has 1 N–H and O–H groups in total. The number of anilines is 1. The van der Waals surface area contributed by atoms with Crippen LogP contribution in [0.15, 0.2) is 72.8 Å². The van der Waals surface area contributed by atoms with Gasteiger partial charge in [0.1, 0.15) is 17.0 Å². The zero-order chi connectivity index (χ0) is 27.6. The first kappa shape index (κ1) is 26.8.